The topological polar surface area (TPSA) is 168 Å². The third-order valence-corrected chi connectivity index (χ3v) is 7.92. The van der Waals surface area contributed by atoms with Gasteiger partial charge in [-0.05, 0) is 75.9 Å². The van der Waals surface area contributed by atoms with E-state index in [0.717, 1.165) is 4.90 Å². The monoisotopic (exact) mass is 670 g/mol. The van der Waals surface area contributed by atoms with Crippen LogP contribution in [0.3, 0.4) is 0 Å². The number of nitrogens with zero attached hydrogens (tertiary/aromatic N) is 5. The lowest BCUT2D eigenvalue weighted by Crippen LogP contribution is -2.47. The van der Waals surface area contributed by atoms with Gasteiger partial charge in [-0.2, -0.15) is 5.10 Å². The fourth-order valence-electron chi connectivity index (χ4n) is 5.49. The Morgan fingerprint density at radius 2 is 1.89 bits per heavy atom. The highest BCUT2D eigenvalue weighted by Gasteiger charge is 2.37. The summed E-state index contributed by atoms with van der Waals surface area (Å²) in [5.74, 6) is -1.51. The van der Waals surface area contributed by atoms with Crippen LogP contribution in [-0.4, -0.2) is 54.8 Å². The number of fused-ring (bicyclic) bond motifs is 1. The molecule has 1 N–H and O–H groups in total. The Labute approximate surface area is 276 Å². The maximum atomic E-state index is 14.1. The number of nitro groups is 1. The number of hydrogen-bond acceptors (Lipinski definition) is 9. The van der Waals surface area contributed by atoms with Gasteiger partial charge in [0.2, 0.25) is 5.91 Å². The number of amides is 3. The first-order chi connectivity index (χ1) is 22.2. The van der Waals surface area contributed by atoms with Gasteiger partial charge in [0, 0.05) is 24.2 Å². The van der Waals surface area contributed by atoms with Crippen molar-refractivity contribution in [1.29, 1.82) is 0 Å². The number of urea groups is 1. The highest BCUT2D eigenvalue weighted by atomic mass is 35.5. The summed E-state index contributed by atoms with van der Waals surface area (Å²) in [5, 5.41) is 19.7. The van der Waals surface area contributed by atoms with Crippen LogP contribution >= 0.6 is 11.6 Å². The number of aromatic nitrogens is 3. The molecule has 14 nitrogen and oxygen atoms in total. The number of halogens is 1. The molecule has 4 rings (SSSR count). The van der Waals surface area contributed by atoms with Crippen molar-refractivity contribution in [3.63, 3.8) is 0 Å². The van der Waals surface area contributed by atoms with E-state index in [9.17, 15) is 29.3 Å². The predicted molar refractivity (Wildman–Crippen MR) is 172 cm³/mol. The largest absolute Gasteiger partial charge is 0.496 e. The van der Waals surface area contributed by atoms with Gasteiger partial charge in [0.15, 0.2) is 5.82 Å². The third kappa shape index (κ3) is 7.99. The number of nitro benzene ring substituents is 1. The Hall–Kier alpha value is -4.72. The van der Waals surface area contributed by atoms with E-state index in [0.29, 0.717) is 41.3 Å². The zero-order valence-electron chi connectivity index (χ0n) is 27.2. The number of hydrogen-bond donors (Lipinski definition) is 1. The number of benzene rings is 2. The van der Waals surface area contributed by atoms with E-state index in [1.54, 1.807) is 45.9 Å². The van der Waals surface area contributed by atoms with Crippen LogP contribution in [-0.2, 0) is 35.6 Å². The van der Waals surface area contributed by atoms with Gasteiger partial charge in [-0.3, -0.25) is 24.4 Å². The third-order valence-electron chi connectivity index (χ3n) is 7.69. The molecule has 2 aromatic carbocycles. The van der Waals surface area contributed by atoms with Crippen molar-refractivity contribution in [3.05, 3.63) is 84.5 Å². The number of nitrogens with one attached hydrogen (secondary N) is 1. The summed E-state index contributed by atoms with van der Waals surface area (Å²) in [4.78, 5) is 66.2. The van der Waals surface area contributed by atoms with Gasteiger partial charge in [0.05, 0.1) is 30.5 Å². The fraction of sp³-hybridized carbons (Fsp3) is 0.469. The van der Waals surface area contributed by atoms with Crippen molar-refractivity contribution in [3.8, 4) is 5.75 Å². The standard InChI is InChI=1S/C32H39ClN6O8/c1-7-9-24(19-10-12-23(25(16-19)39(44)45)29(41)47-32(3,4)5)34-30(42)37-18-27-35-38(8-2)31(43)36(27)17-21(28(37)40)14-20-15-22(33)11-13-26(20)46-6/h10-13,15-16,21,24H,7-9,14,17-18H2,1-6H3,(H,34,42)/t21-,24+/m0/s1. The molecule has 47 heavy (non-hydrogen) atoms. The van der Waals surface area contributed by atoms with Gasteiger partial charge in [-0.25, -0.2) is 19.1 Å². The Morgan fingerprint density at radius 1 is 1.17 bits per heavy atom. The number of rotatable bonds is 10. The summed E-state index contributed by atoms with van der Waals surface area (Å²) in [7, 11) is 1.49. The average molecular weight is 671 g/mol. The van der Waals surface area contributed by atoms with Gasteiger partial charge in [0.1, 0.15) is 16.9 Å². The van der Waals surface area contributed by atoms with Gasteiger partial charge in [-0.1, -0.05) is 31.0 Å². The summed E-state index contributed by atoms with van der Waals surface area (Å²) < 4.78 is 13.5. The van der Waals surface area contributed by atoms with Crippen LogP contribution < -0.4 is 15.7 Å². The zero-order valence-corrected chi connectivity index (χ0v) is 28.0. The highest BCUT2D eigenvalue weighted by molar-refractivity contribution is 6.30. The molecular weight excluding hydrogens is 632 g/mol. The molecule has 0 unspecified atom stereocenters. The number of imide groups is 1. The molecule has 0 bridgehead atoms. The Morgan fingerprint density at radius 3 is 2.51 bits per heavy atom. The average Bonchev–Trinajstić information content (AvgIpc) is 3.23. The molecule has 1 aliphatic heterocycles. The van der Waals surface area contributed by atoms with Crippen LogP contribution in [0.15, 0.2) is 41.2 Å². The van der Waals surface area contributed by atoms with Crippen molar-refractivity contribution >= 4 is 35.2 Å². The van der Waals surface area contributed by atoms with E-state index in [1.807, 2.05) is 6.92 Å². The molecule has 0 saturated heterocycles. The van der Waals surface area contributed by atoms with Gasteiger partial charge < -0.3 is 14.8 Å². The molecule has 1 aliphatic rings. The van der Waals surface area contributed by atoms with Crippen molar-refractivity contribution in [2.75, 3.05) is 7.11 Å². The molecule has 0 fully saturated rings. The van der Waals surface area contributed by atoms with E-state index < -0.39 is 51.8 Å². The minimum absolute atomic E-state index is 0.0246. The second-order valence-electron chi connectivity index (χ2n) is 12.2. The molecule has 2 atom stereocenters. The van der Waals surface area contributed by atoms with E-state index in [4.69, 9.17) is 21.1 Å². The molecule has 0 aliphatic carbocycles. The lowest BCUT2D eigenvalue weighted by Gasteiger charge is -2.26. The molecule has 1 aromatic heterocycles. The van der Waals surface area contributed by atoms with Crippen molar-refractivity contribution in [2.24, 2.45) is 5.92 Å². The predicted octanol–water partition coefficient (Wildman–Crippen LogP) is 5.04. The normalized spacial score (nSPS) is 15.4. The van der Waals surface area contributed by atoms with E-state index in [2.05, 4.69) is 10.4 Å². The van der Waals surface area contributed by atoms with Crippen LogP contribution in [0.1, 0.15) is 80.8 Å². The molecule has 3 amide bonds. The SMILES string of the molecule is CCC[C@@H](NC(=O)N1Cc2nn(CC)c(=O)n2C[C@H](Cc2cc(Cl)ccc2OC)C1=O)c1ccc(C(=O)OC(C)(C)C)c([N+](=O)[O-])c1. The van der Waals surface area contributed by atoms with E-state index in [-0.39, 0.29) is 30.9 Å². The van der Waals surface area contributed by atoms with Crippen LogP contribution in [0.5, 0.6) is 5.75 Å². The van der Waals surface area contributed by atoms with Gasteiger partial charge in [0.25, 0.3) is 5.69 Å². The fourth-order valence-corrected chi connectivity index (χ4v) is 5.68. The summed E-state index contributed by atoms with van der Waals surface area (Å²) in [6.07, 6.45) is 1.07. The lowest BCUT2D eigenvalue weighted by molar-refractivity contribution is -0.385. The number of carbonyl (C=O) groups is 3. The Balaban J connectivity index is 1.70. The molecule has 2 heterocycles. The van der Waals surface area contributed by atoms with Crippen LogP contribution in [0, 0.1) is 16.0 Å². The van der Waals surface area contributed by atoms with Crippen molar-refractivity contribution < 1.29 is 28.8 Å². The number of methoxy groups -OCH3 is 1. The van der Waals surface area contributed by atoms with Crippen molar-refractivity contribution in [1.82, 2.24) is 24.6 Å². The Kier molecular flexibility index (Phi) is 10.7. The van der Waals surface area contributed by atoms with Gasteiger partial charge in [-0.15, -0.1) is 0 Å². The number of aryl methyl sites for hydroxylation is 1. The van der Waals surface area contributed by atoms with Crippen LogP contribution in [0.25, 0.3) is 0 Å². The summed E-state index contributed by atoms with van der Waals surface area (Å²) in [5.41, 5.74) is -0.963. The quantitative estimate of drug-likeness (QED) is 0.176. The molecule has 0 radical (unpaired) electrons. The molecule has 252 valence electrons. The second-order valence-corrected chi connectivity index (χ2v) is 12.7. The lowest BCUT2D eigenvalue weighted by atomic mass is 9.97. The van der Waals surface area contributed by atoms with Crippen LogP contribution in [0.2, 0.25) is 5.02 Å². The molecule has 0 saturated carbocycles. The first-order valence-corrected chi connectivity index (χ1v) is 15.7. The van der Waals surface area contributed by atoms with Gasteiger partial charge >= 0.3 is 17.7 Å². The highest BCUT2D eigenvalue weighted by Crippen LogP contribution is 2.30. The van der Waals surface area contributed by atoms with E-state index in [1.165, 1.54) is 34.6 Å². The maximum absolute atomic E-state index is 14.1. The summed E-state index contributed by atoms with van der Waals surface area (Å²) in [6.45, 7) is 8.61. The summed E-state index contributed by atoms with van der Waals surface area (Å²) in [6, 6.07) is 7.55. The number of ether oxygens (including phenoxy) is 2. The number of esters is 1. The minimum atomic E-state index is -0.865. The molecular formula is C32H39ClN6O8. The van der Waals surface area contributed by atoms with E-state index >= 15 is 0 Å². The summed E-state index contributed by atoms with van der Waals surface area (Å²) >= 11 is 6.25. The second kappa shape index (κ2) is 14.4. The minimum Gasteiger partial charge on any atom is -0.496 e. The first-order valence-electron chi connectivity index (χ1n) is 15.3. The molecule has 3 aromatic rings. The first kappa shape index (κ1) is 35.1. The molecule has 0 spiro atoms. The smallest absolute Gasteiger partial charge is 0.345 e. The van der Waals surface area contributed by atoms with Crippen LogP contribution in [0.4, 0.5) is 10.5 Å². The number of carbonyl (C=O) groups excluding carboxylic acids is 3. The molecule has 15 heteroatoms. The maximum Gasteiger partial charge on any atom is 0.345 e. The Bertz CT molecular complexity index is 1740. The van der Waals surface area contributed by atoms with Crippen molar-refractivity contribution in [2.45, 2.75) is 85.2 Å². The zero-order chi connectivity index (χ0) is 34.6.